The van der Waals surface area contributed by atoms with Crippen LogP contribution in [-0.2, 0) is 11.3 Å². The number of carbonyl (C=O) groups is 1. The molecule has 1 aliphatic carbocycles. The number of morpholine rings is 1. The van der Waals surface area contributed by atoms with E-state index < -0.39 is 0 Å². The Morgan fingerprint density at radius 2 is 1.82 bits per heavy atom. The number of hydrogen-bond donors (Lipinski definition) is 2. The minimum absolute atomic E-state index is 0.105. The summed E-state index contributed by atoms with van der Waals surface area (Å²) in [6.45, 7) is 4.67. The molecule has 2 N–H and O–H groups in total. The molecule has 0 atom stereocenters. The first-order chi connectivity index (χ1) is 16.6. The molecule has 0 unspecified atom stereocenters. The highest BCUT2D eigenvalue weighted by Crippen LogP contribution is 2.31. The van der Waals surface area contributed by atoms with Crippen LogP contribution in [0.3, 0.4) is 0 Å². The van der Waals surface area contributed by atoms with E-state index in [0.717, 1.165) is 50.7 Å². The average molecular weight is 473 g/mol. The van der Waals surface area contributed by atoms with E-state index in [4.69, 9.17) is 14.2 Å². The maximum atomic E-state index is 13.3. The fourth-order valence-corrected chi connectivity index (χ4v) is 4.75. The van der Waals surface area contributed by atoms with Gasteiger partial charge in [0.1, 0.15) is 0 Å². The standard InChI is InChI=1S/C25H36N4O5/c1-32-22-15-18-14-19(24(30)27-21(18)16-23(22)33-2)17-29(9-8-28-10-12-34-13-11-28)25(31)26-20-6-4-3-5-7-20/h14-16,20H,3-13,17H2,1-2H3,(H,26,31)(H,27,30). The number of aromatic nitrogens is 1. The second kappa shape index (κ2) is 11.6. The monoisotopic (exact) mass is 472 g/mol. The third kappa shape index (κ3) is 6.01. The van der Waals surface area contributed by atoms with Gasteiger partial charge in [-0.25, -0.2) is 4.79 Å². The van der Waals surface area contributed by atoms with Crippen molar-refractivity contribution in [2.75, 3.05) is 53.6 Å². The van der Waals surface area contributed by atoms with Crippen LogP contribution in [0, 0.1) is 0 Å². The SMILES string of the molecule is COc1cc2cc(CN(CCN3CCOCC3)C(=O)NC3CCCCC3)c(=O)[nH]c2cc1OC. The van der Waals surface area contributed by atoms with Crippen LogP contribution in [0.15, 0.2) is 23.0 Å². The number of urea groups is 1. The van der Waals surface area contributed by atoms with Crippen LogP contribution in [-0.4, -0.2) is 80.5 Å². The minimum Gasteiger partial charge on any atom is -0.493 e. The average Bonchev–Trinajstić information content (AvgIpc) is 2.87. The number of carbonyl (C=O) groups excluding carboxylic acids is 1. The van der Waals surface area contributed by atoms with E-state index in [0.29, 0.717) is 42.3 Å². The van der Waals surface area contributed by atoms with Crippen molar-refractivity contribution in [1.29, 1.82) is 0 Å². The van der Waals surface area contributed by atoms with Crippen molar-refractivity contribution in [3.8, 4) is 11.5 Å². The molecule has 1 aliphatic heterocycles. The number of nitrogens with one attached hydrogen (secondary N) is 2. The van der Waals surface area contributed by atoms with Gasteiger partial charge in [0.15, 0.2) is 11.5 Å². The summed E-state index contributed by atoms with van der Waals surface area (Å²) in [5.41, 5.74) is 1.000. The largest absolute Gasteiger partial charge is 0.493 e. The van der Waals surface area contributed by atoms with Crippen LogP contribution in [0.2, 0.25) is 0 Å². The number of amides is 2. The van der Waals surface area contributed by atoms with Crippen molar-refractivity contribution < 1.29 is 19.0 Å². The highest BCUT2D eigenvalue weighted by molar-refractivity contribution is 5.83. The number of ether oxygens (including phenoxy) is 3. The van der Waals surface area contributed by atoms with Gasteiger partial charge in [-0.05, 0) is 25.0 Å². The lowest BCUT2D eigenvalue weighted by atomic mass is 9.96. The molecule has 2 aromatic rings. The summed E-state index contributed by atoms with van der Waals surface area (Å²) in [7, 11) is 3.15. The Morgan fingerprint density at radius 3 is 2.53 bits per heavy atom. The molecule has 2 fully saturated rings. The first-order valence-corrected chi connectivity index (χ1v) is 12.2. The van der Waals surface area contributed by atoms with Crippen molar-refractivity contribution in [2.24, 2.45) is 0 Å². The molecule has 0 bridgehead atoms. The lowest BCUT2D eigenvalue weighted by Gasteiger charge is -2.32. The molecular weight excluding hydrogens is 436 g/mol. The molecule has 2 heterocycles. The Labute approximate surface area is 200 Å². The van der Waals surface area contributed by atoms with Crippen molar-refractivity contribution in [3.63, 3.8) is 0 Å². The molecule has 9 nitrogen and oxygen atoms in total. The number of rotatable bonds is 8. The molecule has 1 saturated carbocycles. The van der Waals surface area contributed by atoms with Crippen LogP contribution in [0.1, 0.15) is 37.7 Å². The number of H-pyrrole nitrogens is 1. The second-order valence-corrected chi connectivity index (χ2v) is 9.08. The summed E-state index contributed by atoms with van der Waals surface area (Å²) in [4.78, 5) is 33.2. The molecular formula is C25H36N4O5. The molecule has 0 spiro atoms. The molecule has 4 rings (SSSR count). The molecule has 2 amide bonds. The maximum absolute atomic E-state index is 13.3. The van der Waals surface area contributed by atoms with Crippen molar-refractivity contribution in [3.05, 3.63) is 34.1 Å². The van der Waals surface area contributed by atoms with Crippen LogP contribution < -0.4 is 20.3 Å². The van der Waals surface area contributed by atoms with Crippen molar-refractivity contribution in [2.45, 2.75) is 44.7 Å². The second-order valence-electron chi connectivity index (χ2n) is 9.08. The number of pyridine rings is 1. The highest BCUT2D eigenvalue weighted by atomic mass is 16.5. The topological polar surface area (TPSA) is 96.1 Å². The van der Waals surface area contributed by atoms with Gasteiger partial charge >= 0.3 is 6.03 Å². The summed E-state index contributed by atoms with van der Waals surface area (Å²) < 4.78 is 16.2. The van der Waals surface area contributed by atoms with E-state index in [2.05, 4.69) is 15.2 Å². The van der Waals surface area contributed by atoms with E-state index in [9.17, 15) is 9.59 Å². The number of aromatic amines is 1. The predicted octanol–water partition coefficient (Wildman–Crippen LogP) is 2.72. The first kappa shape index (κ1) is 24.3. The normalized spacial score (nSPS) is 17.5. The Balaban J connectivity index is 1.55. The summed E-state index contributed by atoms with van der Waals surface area (Å²) in [5.74, 6) is 1.14. The summed E-state index contributed by atoms with van der Waals surface area (Å²) in [6.07, 6.45) is 5.55. The van der Waals surface area contributed by atoms with Gasteiger partial charge in [0.2, 0.25) is 0 Å². The molecule has 0 radical (unpaired) electrons. The number of methoxy groups -OCH3 is 2. The molecule has 1 aromatic carbocycles. The maximum Gasteiger partial charge on any atom is 0.317 e. The fraction of sp³-hybridized carbons (Fsp3) is 0.600. The van der Waals surface area contributed by atoms with E-state index in [1.54, 1.807) is 25.2 Å². The Bertz CT molecular complexity index is 1030. The number of benzene rings is 1. The van der Waals surface area contributed by atoms with Crippen LogP contribution in [0.4, 0.5) is 4.79 Å². The Kier molecular flexibility index (Phi) is 8.29. The van der Waals surface area contributed by atoms with Crippen LogP contribution in [0.5, 0.6) is 11.5 Å². The molecule has 1 saturated heterocycles. The highest BCUT2D eigenvalue weighted by Gasteiger charge is 2.22. The molecule has 1 aromatic heterocycles. The summed E-state index contributed by atoms with van der Waals surface area (Å²) in [5, 5.41) is 4.04. The van der Waals surface area contributed by atoms with Gasteiger partial charge in [-0.15, -0.1) is 0 Å². The fourth-order valence-electron chi connectivity index (χ4n) is 4.75. The van der Waals surface area contributed by atoms with Crippen molar-refractivity contribution in [1.82, 2.24) is 20.1 Å². The summed E-state index contributed by atoms with van der Waals surface area (Å²) in [6, 6.07) is 5.54. The quantitative estimate of drug-likeness (QED) is 0.613. The predicted molar refractivity (Wildman–Crippen MR) is 131 cm³/mol. The van der Waals surface area contributed by atoms with E-state index in [-0.39, 0.29) is 24.2 Å². The van der Waals surface area contributed by atoms with Crippen LogP contribution >= 0.6 is 0 Å². The zero-order valence-corrected chi connectivity index (χ0v) is 20.2. The molecule has 186 valence electrons. The van der Waals surface area contributed by atoms with Gasteiger partial charge in [0.25, 0.3) is 5.56 Å². The smallest absolute Gasteiger partial charge is 0.317 e. The molecule has 2 aliphatic rings. The minimum atomic E-state index is -0.207. The van der Waals surface area contributed by atoms with Gasteiger partial charge in [-0.3, -0.25) is 9.69 Å². The third-order valence-electron chi connectivity index (χ3n) is 6.80. The lowest BCUT2D eigenvalue weighted by Crippen LogP contribution is -2.49. The van der Waals surface area contributed by atoms with E-state index in [1.807, 2.05) is 12.1 Å². The van der Waals surface area contributed by atoms with Crippen molar-refractivity contribution >= 4 is 16.9 Å². The van der Waals surface area contributed by atoms with Gasteiger partial charge < -0.3 is 29.4 Å². The van der Waals surface area contributed by atoms with E-state index >= 15 is 0 Å². The van der Waals surface area contributed by atoms with Gasteiger partial charge in [0.05, 0.1) is 39.5 Å². The zero-order valence-electron chi connectivity index (χ0n) is 20.2. The number of fused-ring (bicyclic) bond motifs is 1. The van der Waals surface area contributed by atoms with Gasteiger partial charge in [-0.1, -0.05) is 19.3 Å². The van der Waals surface area contributed by atoms with Gasteiger partial charge in [0, 0.05) is 49.2 Å². The number of hydrogen-bond acceptors (Lipinski definition) is 6. The zero-order chi connectivity index (χ0) is 23.9. The van der Waals surface area contributed by atoms with Gasteiger partial charge in [-0.2, -0.15) is 0 Å². The first-order valence-electron chi connectivity index (χ1n) is 12.2. The summed E-state index contributed by atoms with van der Waals surface area (Å²) >= 11 is 0. The van der Waals surface area contributed by atoms with Crippen LogP contribution in [0.25, 0.3) is 10.9 Å². The Morgan fingerprint density at radius 1 is 1.12 bits per heavy atom. The molecule has 34 heavy (non-hydrogen) atoms. The Hall–Kier alpha value is -2.78. The number of nitrogens with zero attached hydrogens (tertiary/aromatic N) is 2. The lowest BCUT2D eigenvalue weighted by molar-refractivity contribution is 0.0345. The molecule has 9 heteroatoms. The van der Waals surface area contributed by atoms with E-state index in [1.165, 1.54) is 6.42 Å². The third-order valence-corrected chi connectivity index (χ3v) is 6.80.